The Morgan fingerprint density at radius 3 is 0.722 bits per heavy atom. The molecule has 108 heavy (non-hydrogen) atoms. The summed E-state index contributed by atoms with van der Waals surface area (Å²) in [6.07, 6.45) is 77.3. The molecule has 0 fully saturated rings. The van der Waals surface area contributed by atoms with Crippen LogP contribution in [-0.4, -0.2) is 95.9 Å². The first-order valence-corrected chi connectivity index (χ1v) is 48.6. The van der Waals surface area contributed by atoms with Gasteiger partial charge < -0.3 is 58.6 Å². The maximum absolute atomic E-state index is 13.3. The standard InChI is InChI=1S/C87H176N4O13P2.2Na/c1-7-13-19-25-29-33-37-41-44-48-54-60-66-82(64-58-52-24-18-12-6)70-74-100-78-84(91-86(93)68-62-56-50-46-42-38-34-30-26-20-14-8-2)80-104-106(97,98)102-76-72-89-87(94)88-71-75-101-105(95,96)103-79-83(90-85(92)67-61-55-49-45-40-36-32-28-22-16-10-4)77-99-73-69-81(63-57-51-23-17-11-5)65-59-53-47-43-39-35-31-27-21-15-9-3;;/h81-84H,7-80H2,1-6H3,(H,90,92)(H,91,93)(H,95,96)(H,97,98)(H2,88,89,94);;/q;2*+1/p-2/t81-,82-,83?,84?;;/m1../s1. The van der Waals surface area contributed by atoms with E-state index in [0.29, 0.717) is 37.9 Å². The van der Waals surface area contributed by atoms with E-state index in [1.807, 2.05) is 0 Å². The van der Waals surface area contributed by atoms with Crippen LogP contribution in [0.3, 0.4) is 0 Å². The summed E-state index contributed by atoms with van der Waals surface area (Å²) in [5.41, 5.74) is 0. The summed E-state index contributed by atoms with van der Waals surface area (Å²) >= 11 is 0. The fourth-order valence-corrected chi connectivity index (χ4v) is 15.8. The van der Waals surface area contributed by atoms with Crippen molar-refractivity contribution in [3.05, 3.63) is 0 Å². The summed E-state index contributed by atoms with van der Waals surface area (Å²) in [4.78, 5) is 65.5. The van der Waals surface area contributed by atoms with Gasteiger partial charge in [0.05, 0.1) is 51.7 Å². The molecule has 0 saturated carbocycles. The summed E-state index contributed by atoms with van der Waals surface area (Å²) in [5.74, 6) is 0.764. The summed E-state index contributed by atoms with van der Waals surface area (Å²) < 4.78 is 59.6. The molecule has 0 saturated heterocycles. The van der Waals surface area contributed by atoms with Crippen molar-refractivity contribution in [2.75, 3.05) is 65.9 Å². The molecule has 0 bridgehead atoms. The Balaban J connectivity index is -0.0000551. The van der Waals surface area contributed by atoms with E-state index < -0.39 is 47.0 Å². The molecule has 0 aliphatic rings. The first-order chi connectivity index (χ1) is 51.7. The van der Waals surface area contributed by atoms with Crippen LogP contribution in [0.15, 0.2) is 0 Å². The number of hydrogen-bond donors (Lipinski definition) is 4. The number of urea groups is 1. The second-order valence-corrected chi connectivity index (χ2v) is 34.5. The van der Waals surface area contributed by atoms with Crippen LogP contribution in [0.25, 0.3) is 0 Å². The minimum absolute atomic E-state index is 0. The van der Waals surface area contributed by atoms with Crippen LogP contribution in [0.2, 0.25) is 0 Å². The van der Waals surface area contributed by atoms with Gasteiger partial charge in [-0.25, -0.2) is 4.79 Å². The molecule has 632 valence electrons. The number of unbranched alkanes of at least 4 members (excludes halogenated alkanes) is 50. The summed E-state index contributed by atoms with van der Waals surface area (Å²) in [5, 5.41) is 11.0. The van der Waals surface area contributed by atoms with Gasteiger partial charge in [0.25, 0.3) is 15.6 Å². The van der Waals surface area contributed by atoms with E-state index in [1.54, 1.807) is 0 Å². The van der Waals surface area contributed by atoms with Crippen molar-refractivity contribution >= 4 is 33.5 Å². The van der Waals surface area contributed by atoms with Crippen LogP contribution >= 0.6 is 15.6 Å². The van der Waals surface area contributed by atoms with Gasteiger partial charge >= 0.3 is 65.1 Å². The largest absolute Gasteiger partial charge is 1.00 e. The molecule has 0 radical (unpaired) electrons. The molecule has 4 N–H and O–H groups in total. The smallest absolute Gasteiger partial charge is 0.756 e. The van der Waals surface area contributed by atoms with Gasteiger partial charge in [-0.2, -0.15) is 0 Å². The molecule has 0 aliphatic heterocycles. The number of carbonyl (C=O) groups is 3. The van der Waals surface area contributed by atoms with Gasteiger partial charge in [0.2, 0.25) is 11.8 Å². The summed E-state index contributed by atoms with van der Waals surface area (Å²) in [7, 11) is -9.76. The van der Waals surface area contributed by atoms with E-state index in [2.05, 4.69) is 62.8 Å². The van der Waals surface area contributed by atoms with Crippen LogP contribution in [-0.2, 0) is 46.3 Å². The molecule has 0 spiro atoms. The summed E-state index contributed by atoms with van der Waals surface area (Å²) in [6.45, 7) is 12.7. The number of hydrogen-bond acceptors (Lipinski definition) is 13. The zero-order valence-electron chi connectivity index (χ0n) is 72.3. The van der Waals surface area contributed by atoms with Crippen molar-refractivity contribution in [1.82, 2.24) is 21.3 Å². The molecule has 0 aromatic rings. The van der Waals surface area contributed by atoms with E-state index in [-0.39, 0.29) is 110 Å². The molecule has 6 atom stereocenters. The average Bonchev–Trinajstić information content (AvgIpc) is 0.917. The Kier molecular flexibility index (Phi) is 91.8. The molecule has 0 aromatic heterocycles. The minimum atomic E-state index is -4.88. The molecule has 17 nitrogen and oxygen atoms in total. The quantitative estimate of drug-likeness (QED) is 0.0252. The Labute approximate surface area is 711 Å². The maximum atomic E-state index is 13.3. The maximum Gasteiger partial charge on any atom is 1.00 e. The molecule has 0 aromatic carbocycles. The number of phosphoric ester groups is 2. The first kappa shape index (κ1) is 113. The first-order valence-electron chi connectivity index (χ1n) is 45.7. The van der Waals surface area contributed by atoms with Gasteiger partial charge in [-0.15, -0.1) is 0 Å². The number of amides is 4. The molecule has 0 aliphatic carbocycles. The Morgan fingerprint density at radius 1 is 0.278 bits per heavy atom. The van der Waals surface area contributed by atoms with Gasteiger partial charge in [0, 0.05) is 39.1 Å². The van der Waals surface area contributed by atoms with Crippen molar-refractivity contribution in [2.45, 2.75) is 465 Å². The number of rotatable bonds is 88. The van der Waals surface area contributed by atoms with E-state index in [9.17, 15) is 33.3 Å². The predicted octanol–water partition coefficient (Wildman–Crippen LogP) is 18.6. The third-order valence-corrected chi connectivity index (χ3v) is 23.2. The fraction of sp³-hybridized carbons (Fsp3) is 0.966. The van der Waals surface area contributed by atoms with Crippen LogP contribution in [0.5, 0.6) is 0 Å². The van der Waals surface area contributed by atoms with E-state index >= 15 is 0 Å². The van der Waals surface area contributed by atoms with Crippen LogP contribution < -0.4 is 90.2 Å². The normalized spacial score (nSPS) is 13.8. The van der Waals surface area contributed by atoms with Gasteiger partial charge in [0.1, 0.15) is 0 Å². The third-order valence-electron chi connectivity index (χ3n) is 21.2. The SMILES string of the molecule is CCCCCCCCCCCCCCC(=O)NC(COCC[C@H](CCCCCCC)CCCCCCCCCCCCCC)COP(=O)([O-])OCCNC(=O)NCCOP(=O)([O-])OCC(COCC[C@H](CCCCCCC)CCCCCCCCCCCCC)NC(=O)CCCCCCCCCCCCC.[Na+].[Na+]. The molecule has 4 amide bonds. The number of phosphoric acid groups is 2. The Hall–Kier alpha value is 0.350. The van der Waals surface area contributed by atoms with Gasteiger partial charge in [-0.05, 0) is 37.5 Å². The molecule has 0 rings (SSSR count). The van der Waals surface area contributed by atoms with Gasteiger partial charge in [-0.3, -0.25) is 18.7 Å². The van der Waals surface area contributed by atoms with Crippen molar-refractivity contribution in [3.8, 4) is 0 Å². The second-order valence-electron chi connectivity index (χ2n) is 31.7. The van der Waals surface area contributed by atoms with Crippen molar-refractivity contribution < 1.29 is 120 Å². The minimum Gasteiger partial charge on any atom is -0.756 e. The zero-order valence-corrected chi connectivity index (χ0v) is 78.1. The van der Waals surface area contributed by atoms with Gasteiger partial charge in [-0.1, -0.05) is 414 Å². The van der Waals surface area contributed by atoms with E-state index in [0.717, 1.165) is 64.2 Å². The number of nitrogens with one attached hydrogen (secondary N) is 4. The third kappa shape index (κ3) is 84.3. The van der Waals surface area contributed by atoms with Crippen molar-refractivity contribution in [1.29, 1.82) is 0 Å². The topological polar surface area (TPSA) is 235 Å². The Bertz CT molecular complexity index is 1980. The molecular formula is C87H174N4Na2O13P2. The van der Waals surface area contributed by atoms with Crippen LogP contribution in [0.1, 0.15) is 452 Å². The van der Waals surface area contributed by atoms with Crippen LogP contribution in [0, 0.1) is 11.8 Å². The van der Waals surface area contributed by atoms with E-state index in [4.69, 9.17) is 27.6 Å². The molecule has 0 heterocycles. The fourth-order valence-electron chi connectivity index (χ4n) is 14.3. The number of carbonyl (C=O) groups excluding carboxylic acids is 3. The Morgan fingerprint density at radius 2 is 0.491 bits per heavy atom. The molecule has 21 heteroatoms. The average molecular weight is 1590 g/mol. The molecular weight excluding hydrogens is 1420 g/mol. The van der Waals surface area contributed by atoms with Crippen LogP contribution in [0.4, 0.5) is 4.79 Å². The summed E-state index contributed by atoms with van der Waals surface area (Å²) in [6, 6.07) is -2.14. The van der Waals surface area contributed by atoms with Crippen molar-refractivity contribution in [2.24, 2.45) is 11.8 Å². The predicted molar refractivity (Wildman–Crippen MR) is 442 cm³/mol. The van der Waals surface area contributed by atoms with E-state index in [1.165, 1.54) is 334 Å². The molecule has 4 unspecified atom stereocenters. The number of ether oxygens (including phenoxy) is 2. The zero-order chi connectivity index (χ0) is 77.4. The monoisotopic (exact) mass is 1590 g/mol. The second kappa shape index (κ2) is 88.2. The van der Waals surface area contributed by atoms with Crippen molar-refractivity contribution in [3.63, 3.8) is 0 Å². The van der Waals surface area contributed by atoms with Gasteiger partial charge in [0.15, 0.2) is 0 Å².